The Morgan fingerprint density at radius 2 is 2.25 bits per heavy atom. The number of carbonyl (C=O) groups is 1. The van der Waals surface area contributed by atoms with Crippen molar-refractivity contribution in [2.24, 2.45) is 11.8 Å². The van der Waals surface area contributed by atoms with E-state index in [9.17, 15) is 4.79 Å². The van der Waals surface area contributed by atoms with Crippen molar-refractivity contribution in [1.29, 1.82) is 0 Å². The fraction of sp³-hybridized carbons (Fsp3) is 0.562. The molecule has 108 valence electrons. The molecular formula is C16H20ClNO2. The van der Waals surface area contributed by atoms with Gasteiger partial charge in [0.15, 0.2) is 0 Å². The Labute approximate surface area is 124 Å². The number of rotatable bonds is 2. The number of likely N-dealkylation sites (tertiary alicyclic amines) is 1. The molecule has 3 nitrogen and oxygen atoms in total. The maximum absolute atomic E-state index is 12.6. The van der Waals surface area contributed by atoms with Gasteiger partial charge in [-0.3, -0.25) is 4.79 Å². The third-order valence-electron chi connectivity index (χ3n) is 4.28. The van der Waals surface area contributed by atoms with Crippen molar-refractivity contribution in [1.82, 2.24) is 4.90 Å². The molecule has 20 heavy (non-hydrogen) atoms. The van der Waals surface area contributed by atoms with E-state index in [-0.39, 0.29) is 11.8 Å². The third-order valence-corrected chi connectivity index (χ3v) is 4.71. The van der Waals surface area contributed by atoms with Gasteiger partial charge in [-0.05, 0) is 36.8 Å². The lowest BCUT2D eigenvalue weighted by atomic mass is 9.93. The molecule has 0 aliphatic carbocycles. The Balaban J connectivity index is 1.67. The van der Waals surface area contributed by atoms with E-state index in [0.717, 1.165) is 43.7 Å². The van der Waals surface area contributed by atoms with Crippen LogP contribution in [-0.4, -0.2) is 36.4 Å². The normalized spacial score (nSPS) is 25.8. The van der Waals surface area contributed by atoms with Gasteiger partial charge in [0.2, 0.25) is 5.91 Å². The number of para-hydroxylation sites is 1. The monoisotopic (exact) mass is 293 g/mol. The minimum Gasteiger partial charge on any atom is -0.492 e. The summed E-state index contributed by atoms with van der Waals surface area (Å²) in [5, 5.41) is 0. The van der Waals surface area contributed by atoms with Crippen LogP contribution in [0.2, 0.25) is 0 Å². The number of hydrogen-bond acceptors (Lipinski definition) is 2. The molecule has 3 rings (SSSR count). The van der Waals surface area contributed by atoms with E-state index in [4.69, 9.17) is 16.3 Å². The predicted molar refractivity (Wildman–Crippen MR) is 79.2 cm³/mol. The number of piperidine rings is 1. The number of benzene rings is 1. The van der Waals surface area contributed by atoms with Gasteiger partial charge in [-0.1, -0.05) is 18.2 Å². The molecule has 2 heterocycles. The number of carbonyl (C=O) groups excluding carboxylic acids is 1. The number of amides is 1. The molecule has 0 spiro atoms. The fourth-order valence-electron chi connectivity index (χ4n) is 3.14. The lowest BCUT2D eigenvalue weighted by Crippen LogP contribution is -2.46. The summed E-state index contributed by atoms with van der Waals surface area (Å²) in [6.07, 6.45) is 2.99. The van der Waals surface area contributed by atoms with Crippen LogP contribution in [0.3, 0.4) is 0 Å². The van der Waals surface area contributed by atoms with Crippen molar-refractivity contribution in [3.05, 3.63) is 29.8 Å². The first-order chi connectivity index (χ1) is 9.78. The molecule has 1 amide bonds. The smallest absolute Gasteiger partial charge is 0.229 e. The standard InChI is InChI=1S/C16H20ClNO2/c17-9-12-4-3-7-18(10-12)16(19)14-8-13-5-1-2-6-15(13)20-11-14/h1-2,5-6,12,14H,3-4,7-11H2. The molecule has 0 N–H and O–H groups in total. The second-order valence-electron chi connectivity index (χ2n) is 5.77. The van der Waals surface area contributed by atoms with Gasteiger partial charge in [0.05, 0.1) is 5.92 Å². The molecule has 2 atom stereocenters. The molecule has 2 aliphatic heterocycles. The van der Waals surface area contributed by atoms with Crippen molar-refractivity contribution >= 4 is 17.5 Å². The Morgan fingerprint density at radius 1 is 1.40 bits per heavy atom. The molecule has 0 aromatic heterocycles. The number of halogens is 1. The maximum Gasteiger partial charge on any atom is 0.229 e. The second kappa shape index (κ2) is 6.04. The van der Waals surface area contributed by atoms with E-state index in [1.807, 2.05) is 29.2 Å². The zero-order chi connectivity index (χ0) is 13.9. The maximum atomic E-state index is 12.6. The Bertz CT molecular complexity index is 491. The number of alkyl halides is 1. The summed E-state index contributed by atoms with van der Waals surface area (Å²) in [5.74, 6) is 2.21. The molecule has 1 aromatic carbocycles. The van der Waals surface area contributed by atoms with Gasteiger partial charge < -0.3 is 9.64 Å². The summed E-state index contributed by atoms with van der Waals surface area (Å²) in [5.41, 5.74) is 1.14. The van der Waals surface area contributed by atoms with Gasteiger partial charge in [-0.2, -0.15) is 0 Å². The molecule has 0 radical (unpaired) electrons. The van der Waals surface area contributed by atoms with Crippen LogP contribution in [0, 0.1) is 11.8 Å². The van der Waals surface area contributed by atoms with Crippen molar-refractivity contribution in [3.8, 4) is 5.75 Å². The number of fused-ring (bicyclic) bond motifs is 1. The van der Waals surface area contributed by atoms with Crippen LogP contribution in [0.5, 0.6) is 5.75 Å². The van der Waals surface area contributed by atoms with E-state index in [1.54, 1.807) is 0 Å². The van der Waals surface area contributed by atoms with E-state index >= 15 is 0 Å². The minimum atomic E-state index is -0.0426. The van der Waals surface area contributed by atoms with Crippen molar-refractivity contribution in [3.63, 3.8) is 0 Å². The highest BCUT2D eigenvalue weighted by Gasteiger charge is 2.31. The van der Waals surface area contributed by atoms with E-state index < -0.39 is 0 Å². The minimum absolute atomic E-state index is 0.0426. The average molecular weight is 294 g/mol. The van der Waals surface area contributed by atoms with Crippen molar-refractivity contribution in [2.75, 3.05) is 25.6 Å². The van der Waals surface area contributed by atoms with Crippen LogP contribution in [0.1, 0.15) is 18.4 Å². The first kappa shape index (κ1) is 13.7. The third kappa shape index (κ3) is 2.78. The zero-order valence-electron chi connectivity index (χ0n) is 11.6. The molecule has 1 aromatic rings. The van der Waals surface area contributed by atoms with Crippen molar-refractivity contribution < 1.29 is 9.53 Å². The lowest BCUT2D eigenvalue weighted by molar-refractivity contribution is -0.138. The molecule has 0 bridgehead atoms. The van der Waals surface area contributed by atoms with Crippen LogP contribution in [0.15, 0.2) is 24.3 Å². The van der Waals surface area contributed by atoms with Crippen molar-refractivity contribution in [2.45, 2.75) is 19.3 Å². The number of nitrogens with zero attached hydrogens (tertiary/aromatic N) is 1. The molecule has 1 saturated heterocycles. The van der Waals surface area contributed by atoms with Gasteiger partial charge in [-0.25, -0.2) is 0 Å². The molecular weight excluding hydrogens is 274 g/mol. The van der Waals surface area contributed by atoms with Gasteiger partial charge in [0.25, 0.3) is 0 Å². The van der Waals surface area contributed by atoms with E-state index in [0.29, 0.717) is 18.4 Å². The van der Waals surface area contributed by atoms with Gasteiger partial charge in [0, 0.05) is 19.0 Å². The quantitative estimate of drug-likeness (QED) is 0.785. The van der Waals surface area contributed by atoms with E-state index in [2.05, 4.69) is 0 Å². The first-order valence-corrected chi connectivity index (χ1v) is 7.87. The summed E-state index contributed by atoms with van der Waals surface area (Å²) >= 11 is 5.94. The van der Waals surface area contributed by atoms with E-state index in [1.165, 1.54) is 0 Å². The fourth-order valence-corrected chi connectivity index (χ4v) is 3.39. The molecule has 4 heteroatoms. The Hall–Kier alpha value is -1.22. The highest BCUT2D eigenvalue weighted by Crippen LogP contribution is 2.29. The van der Waals surface area contributed by atoms with Crippen LogP contribution >= 0.6 is 11.6 Å². The largest absolute Gasteiger partial charge is 0.492 e. The van der Waals surface area contributed by atoms with Gasteiger partial charge >= 0.3 is 0 Å². The summed E-state index contributed by atoms with van der Waals surface area (Å²) in [7, 11) is 0. The summed E-state index contributed by atoms with van der Waals surface area (Å²) in [6.45, 7) is 2.17. The topological polar surface area (TPSA) is 29.5 Å². The van der Waals surface area contributed by atoms with Crippen LogP contribution < -0.4 is 4.74 Å². The molecule has 2 unspecified atom stereocenters. The highest BCUT2D eigenvalue weighted by molar-refractivity contribution is 6.18. The lowest BCUT2D eigenvalue weighted by Gasteiger charge is -2.35. The number of hydrogen-bond donors (Lipinski definition) is 0. The average Bonchev–Trinajstić information content (AvgIpc) is 2.53. The Morgan fingerprint density at radius 3 is 3.10 bits per heavy atom. The first-order valence-electron chi connectivity index (χ1n) is 7.33. The summed E-state index contributed by atoms with van der Waals surface area (Å²) < 4.78 is 5.73. The molecule has 2 aliphatic rings. The van der Waals surface area contributed by atoms with Gasteiger partial charge in [-0.15, -0.1) is 11.6 Å². The summed E-state index contributed by atoms with van der Waals surface area (Å²) in [4.78, 5) is 14.6. The Kier molecular flexibility index (Phi) is 4.16. The predicted octanol–water partition coefficient (Wildman–Crippen LogP) is 2.72. The zero-order valence-corrected chi connectivity index (χ0v) is 12.3. The molecule has 1 fully saturated rings. The highest BCUT2D eigenvalue weighted by atomic mass is 35.5. The second-order valence-corrected chi connectivity index (χ2v) is 6.08. The van der Waals surface area contributed by atoms with Crippen LogP contribution in [0.4, 0.5) is 0 Å². The molecule has 0 saturated carbocycles. The SMILES string of the molecule is O=C(C1COc2ccccc2C1)N1CCCC(CCl)C1. The van der Waals surface area contributed by atoms with Crippen LogP contribution in [-0.2, 0) is 11.2 Å². The van der Waals surface area contributed by atoms with Gasteiger partial charge in [0.1, 0.15) is 12.4 Å². The summed E-state index contributed by atoms with van der Waals surface area (Å²) in [6, 6.07) is 7.99. The van der Waals surface area contributed by atoms with Crippen LogP contribution in [0.25, 0.3) is 0 Å². The number of ether oxygens (including phenoxy) is 1.